The number of amides is 1. The van der Waals surface area contributed by atoms with Crippen LogP contribution in [-0.2, 0) is 13.8 Å². The van der Waals surface area contributed by atoms with Crippen molar-refractivity contribution in [3.8, 4) is 5.75 Å². The molecule has 0 aromatic heterocycles. The van der Waals surface area contributed by atoms with Gasteiger partial charge < -0.3 is 10.1 Å². The Kier molecular flexibility index (Phi) is 6.59. The fourth-order valence-electron chi connectivity index (χ4n) is 1.33. The molecule has 0 atom stereocenters. The fraction of sp³-hybridized carbons (Fsp3) is 0.417. The van der Waals surface area contributed by atoms with Gasteiger partial charge in [-0.3, -0.25) is 4.79 Å². The van der Waals surface area contributed by atoms with Gasteiger partial charge in [0, 0.05) is 17.2 Å². The number of hydrogen-bond donors (Lipinski definition) is 1. The molecular weight excluding hydrogens is 361 g/mol. The largest absolute Gasteiger partial charge is 0.482 e. The highest BCUT2D eigenvalue weighted by molar-refractivity contribution is 8.13. The average Bonchev–Trinajstić information content (AvgIpc) is 2.36. The summed E-state index contributed by atoms with van der Waals surface area (Å²) >= 11 is 11.7. The summed E-state index contributed by atoms with van der Waals surface area (Å²) in [5.74, 6) is 0.107. The molecule has 0 aliphatic heterocycles. The van der Waals surface area contributed by atoms with E-state index in [1.54, 1.807) is 0 Å². The van der Waals surface area contributed by atoms with Gasteiger partial charge in [0.15, 0.2) is 6.61 Å². The van der Waals surface area contributed by atoms with Crippen LogP contribution in [0.4, 0.5) is 0 Å². The molecular formula is C12H14Cl3NO4S. The highest BCUT2D eigenvalue weighted by atomic mass is 35.7. The number of nitrogens with one attached hydrogen (secondary N) is 1. The van der Waals surface area contributed by atoms with E-state index in [1.165, 1.54) is 6.07 Å². The molecule has 0 fully saturated rings. The van der Waals surface area contributed by atoms with Crippen molar-refractivity contribution in [3.63, 3.8) is 0 Å². The number of hydrogen-bond acceptors (Lipinski definition) is 4. The summed E-state index contributed by atoms with van der Waals surface area (Å²) in [6, 6.07) is 2.46. The van der Waals surface area contributed by atoms with E-state index >= 15 is 0 Å². The summed E-state index contributed by atoms with van der Waals surface area (Å²) in [7, 11) is 1.21. The van der Waals surface area contributed by atoms with Gasteiger partial charge in [-0.15, -0.1) is 0 Å². The van der Waals surface area contributed by atoms with Crippen LogP contribution >= 0.6 is 33.9 Å². The first kappa shape index (κ1) is 18.4. The second-order valence-electron chi connectivity index (χ2n) is 4.61. The van der Waals surface area contributed by atoms with Crippen molar-refractivity contribution in [2.45, 2.75) is 18.7 Å². The molecule has 1 amide bonds. The Hall–Kier alpha value is -0.690. The molecule has 9 heteroatoms. The van der Waals surface area contributed by atoms with Crippen molar-refractivity contribution in [2.24, 2.45) is 5.92 Å². The minimum Gasteiger partial charge on any atom is -0.482 e. The van der Waals surface area contributed by atoms with Gasteiger partial charge in [-0.25, -0.2) is 8.42 Å². The summed E-state index contributed by atoms with van der Waals surface area (Å²) in [6.07, 6.45) is 0. The number of carbonyl (C=O) groups is 1. The van der Waals surface area contributed by atoms with Gasteiger partial charge in [-0.1, -0.05) is 37.0 Å². The Balaban J connectivity index is 2.78. The van der Waals surface area contributed by atoms with Crippen LogP contribution < -0.4 is 10.1 Å². The zero-order valence-corrected chi connectivity index (χ0v) is 14.4. The molecule has 0 aliphatic rings. The second kappa shape index (κ2) is 7.54. The topological polar surface area (TPSA) is 72.5 Å². The number of carbonyl (C=O) groups excluding carboxylic acids is 1. The minimum absolute atomic E-state index is 0.102. The molecule has 1 aromatic carbocycles. The monoisotopic (exact) mass is 373 g/mol. The normalized spacial score (nSPS) is 11.5. The Morgan fingerprint density at radius 3 is 2.43 bits per heavy atom. The van der Waals surface area contributed by atoms with E-state index in [1.807, 2.05) is 13.8 Å². The van der Waals surface area contributed by atoms with Crippen molar-refractivity contribution in [1.29, 1.82) is 0 Å². The van der Waals surface area contributed by atoms with Crippen molar-refractivity contribution in [3.05, 3.63) is 22.2 Å². The summed E-state index contributed by atoms with van der Waals surface area (Å²) < 4.78 is 27.7. The molecule has 5 nitrogen and oxygen atoms in total. The lowest BCUT2D eigenvalue weighted by Crippen LogP contribution is -2.31. The smallest absolute Gasteiger partial charge is 0.262 e. The number of rotatable bonds is 6. The van der Waals surface area contributed by atoms with Gasteiger partial charge in [0.25, 0.3) is 15.0 Å². The van der Waals surface area contributed by atoms with Crippen LogP contribution in [0, 0.1) is 5.92 Å². The van der Waals surface area contributed by atoms with E-state index in [4.69, 9.17) is 38.6 Å². The van der Waals surface area contributed by atoms with Gasteiger partial charge in [0.05, 0.1) is 5.02 Å². The van der Waals surface area contributed by atoms with Crippen LogP contribution in [0.2, 0.25) is 10.0 Å². The maximum Gasteiger partial charge on any atom is 0.262 e. The van der Waals surface area contributed by atoms with E-state index in [2.05, 4.69) is 5.32 Å². The van der Waals surface area contributed by atoms with Gasteiger partial charge in [0.2, 0.25) is 0 Å². The number of ether oxygens (including phenoxy) is 1. The molecule has 0 saturated heterocycles. The molecule has 21 heavy (non-hydrogen) atoms. The Bertz CT molecular complexity index is 632. The highest BCUT2D eigenvalue weighted by Gasteiger charge is 2.20. The van der Waals surface area contributed by atoms with E-state index in [0.717, 1.165) is 6.07 Å². The van der Waals surface area contributed by atoms with Gasteiger partial charge in [-0.05, 0) is 18.1 Å². The Morgan fingerprint density at radius 1 is 1.29 bits per heavy atom. The average molecular weight is 375 g/mol. The third-order valence-electron chi connectivity index (χ3n) is 2.34. The molecule has 0 aliphatic carbocycles. The van der Waals surface area contributed by atoms with Crippen molar-refractivity contribution in [1.82, 2.24) is 5.32 Å². The van der Waals surface area contributed by atoms with Gasteiger partial charge >= 0.3 is 0 Å². The van der Waals surface area contributed by atoms with E-state index < -0.39 is 9.05 Å². The van der Waals surface area contributed by atoms with Crippen LogP contribution in [0.15, 0.2) is 17.0 Å². The van der Waals surface area contributed by atoms with E-state index in [-0.39, 0.29) is 33.2 Å². The standard InChI is InChI=1S/C12H14Cl3NO4S/c1-7(2)5-16-10(17)6-20-8-3-4-9(21(15,18)19)12(14)11(8)13/h3-4,7H,5-6H2,1-2H3,(H,16,17). The van der Waals surface area contributed by atoms with Crippen LogP contribution in [0.3, 0.4) is 0 Å². The quantitative estimate of drug-likeness (QED) is 0.777. The molecule has 0 unspecified atom stereocenters. The maximum atomic E-state index is 11.5. The second-order valence-corrected chi connectivity index (χ2v) is 7.90. The molecule has 0 heterocycles. The summed E-state index contributed by atoms with van der Waals surface area (Å²) in [4.78, 5) is 11.2. The lowest BCUT2D eigenvalue weighted by atomic mass is 10.2. The van der Waals surface area contributed by atoms with E-state index in [9.17, 15) is 13.2 Å². The molecule has 1 rings (SSSR count). The van der Waals surface area contributed by atoms with Crippen molar-refractivity contribution in [2.75, 3.05) is 13.2 Å². The predicted molar refractivity (Wildman–Crippen MR) is 82.8 cm³/mol. The van der Waals surface area contributed by atoms with Crippen LogP contribution in [-0.4, -0.2) is 27.5 Å². The first-order chi connectivity index (χ1) is 9.62. The third kappa shape index (κ3) is 5.54. The molecule has 0 radical (unpaired) electrons. The van der Waals surface area contributed by atoms with Gasteiger partial charge in [0.1, 0.15) is 15.7 Å². The number of halogens is 3. The summed E-state index contributed by atoms with van der Waals surface area (Å²) in [6.45, 7) is 4.20. The van der Waals surface area contributed by atoms with Crippen LogP contribution in [0.25, 0.3) is 0 Å². The maximum absolute atomic E-state index is 11.5. The molecule has 0 spiro atoms. The molecule has 0 bridgehead atoms. The predicted octanol–water partition coefficient (Wildman–Crippen LogP) is 3.07. The fourth-order valence-corrected chi connectivity index (χ4v) is 3.11. The molecule has 1 aromatic rings. The van der Waals surface area contributed by atoms with Crippen molar-refractivity contribution >= 4 is 48.8 Å². The Labute approximate surface area is 137 Å². The third-order valence-corrected chi connectivity index (χ3v) is 4.68. The van der Waals surface area contributed by atoms with Crippen molar-refractivity contribution < 1.29 is 17.9 Å². The zero-order chi connectivity index (χ0) is 16.2. The summed E-state index contributed by atoms with van der Waals surface area (Å²) in [5, 5.41) is 2.31. The van der Waals surface area contributed by atoms with Gasteiger partial charge in [-0.2, -0.15) is 0 Å². The van der Waals surface area contributed by atoms with Crippen LogP contribution in [0.1, 0.15) is 13.8 Å². The molecule has 0 saturated carbocycles. The molecule has 118 valence electrons. The van der Waals surface area contributed by atoms with Crippen LogP contribution in [0.5, 0.6) is 5.75 Å². The summed E-state index contributed by atoms with van der Waals surface area (Å²) in [5.41, 5.74) is 0. The lowest BCUT2D eigenvalue weighted by molar-refractivity contribution is -0.123. The SMILES string of the molecule is CC(C)CNC(=O)COc1ccc(S(=O)(=O)Cl)c(Cl)c1Cl. The minimum atomic E-state index is -4.00. The first-order valence-electron chi connectivity index (χ1n) is 5.95. The highest BCUT2D eigenvalue weighted by Crippen LogP contribution is 2.37. The Morgan fingerprint density at radius 2 is 1.90 bits per heavy atom. The first-order valence-corrected chi connectivity index (χ1v) is 9.01. The lowest BCUT2D eigenvalue weighted by Gasteiger charge is -2.11. The van der Waals surface area contributed by atoms with E-state index in [0.29, 0.717) is 12.5 Å². The zero-order valence-electron chi connectivity index (χ0n) is 11.3. The molecule has 1 N–H and O–H groups in total. The number of benzene rings is 1.